The minimum absolute atomic E-state index is 0.193. The van der Waals surface area contributed by atoms with E-state index in [9.17, 15) is 4.79 Å². The molecule has 25 heavy (non-hydrogen) atoms. The van der Waals surface area contributed by atoms with Crippen molar-refractivity contribution in [1.29, 1.82) is 0 Å². The first kappa shape index (κ1) is 17.6. The van der Waals surface area contributed by atoms with E-state index >= 15 is 0 Å². The number of rotatable bonds is 6. The average molecular weight is 342 g/mol. The highest BCUT2D eigenvalue weighted by Gasteiger charge is 2.20. The molecule has 134 valence electrons. The van der Waals surface area contributed by atoms with Crippen LogP contribution in [-0.2, 0) is 11.2 Å². The van der Waals surface area contributed by atoms with Gasteiger partial charge >= 0.3 is 0 Å². The molecule has 2 aromatic rings. The van der Waals surface area contributed by atoms with Crippen molar-refractivity contribution in [3.8, 4) is 11.4 Å². The van der Waals surface area contributed by atoms with Crippen LogP contribution in [0.1, 0.15) is 51.3 Å². The Labute approximate surface area is 148 Å². The highest BCUT2D eigenvalue weighted by Crippen LogP contribution is 2.22. The molecule has 1 atom stereocenters. The lowest BCUT2D eigenvalue weighted by molar-refractivity contribution is -0.131. The lowest BCUT2D eigenvalue weighted by Crippen LogP contribution is -2.32. The molecule has 0 radical (unpaired) electrons. The molecule has 1 aliphatic rings. The Hall–Kier alpha value is -2.24. The van der Waals surface area contributed by atoms with Gasteiger partial charge in [-0.3, -0.25) is 9.78 Å². The van der Waals surface area contributed by atoms with Crippen LogP contribution in [0.25, 0.3) is 11.4 Å². The first-order valence-corrected chi connectivity index (χ1v) is 9.27. The maximum atomic E-state index is 12.5. The van der Waals surface area contributed by atoms with E-state index in [1.54, 1.807) is 12.4 Å². The lowest BCUT2D eigenvalue weighted by atomic mass is 9.96. The van der Waals surface area contributed by atoms with Crippen LogP contribution in [0, 0.1) is 5.92 Å². The van der Waals surface area contributed by atoms with Crippen LogP contribution in [0.3, 0.4) is 0 Å². The number of aromatic nitrogens is 3. The molecule has 1 fully saturated rings. The van der Waals surface area contributed by atoms with Crippen molar-refractivity contribution < 1.29 is 9.32 Å². The number of hydrogen-bond acceptors (Lipinski definition) is 5. The van der Waals surface area contributed by atoms with Crippen molar-refractivity contribution in [3.05, 3.63) is 30.4 Å². The van der Waals surface area contributed by atoms with E-state index in [-0.39, 0.29) is 5.91 Å². The zero-order valence-electron chi connectivity index (χ0n) is 14.9. The molecule has 2 aromatic heterocycles. The van der Waals surface area contributed by atoms with E-state index in [4.69, 9.17) is 4.52 Å². The van der Waals surface area contributed by atoms with Gasteiger partial charge in [-0.25, -0.2) is 0 Å². The summed E-state index contributed by atoms with van der Waals surface area (Å²) >= 11 is 0. The molecule has 1 amide bonds. The molecule has 0 aromatic carbocycles. The van der Waals surface area contributed by atoms with Gasteiger partial charge in [0.2, 0.25) is 17.6 Å². The van der Waals surface area contributed by atoms with Gasteiger partial charge in [-0.15, -0.1) is 0 Å². The van der Waals surface area contributed by atoms with Crippen molar-refractivity contribution in [1.82, 2.24) is 20.0 Å². The topological polar surface area (TPSA) is 72.1 Å². The second-order valence-electron chi connectivity index (χ2n) is 6.72. The van der Waals surface area contributed by atoms with Crippen LogP contribution in [0.5, 0.6) is 0 Å². The zero-order valence-corrected chi connectivity index (χ0v) is 14.9. The van der Waals surface area contributed by atoms with Crippen LogP contribution in [-0.4, -0.2) is 39.0 Å². The number of pyridine rings is 1. The molecule has 3 heterocycles. The van der Waals surface area contributed by atoms with Gasteiger partial charge in [-0.05, 0) is 37.3 Å². The molecule has 1 saturated heterocycles. The van der Waals surface area contributed by atoms with Gasteiger partial charge in [0.15, 0.2) is 0 Å². The number of carbonyl (C=O) groups is 1. The van der Waals surface area contributed by atoms with E-state index in [0.717, 1.165) is 37.4 Å². The van der Waals surface area contributed by atoms with Crippen molar-refractivity contribution in [2.75, 3.05) is 13.1 Å². The zero-order chi connectivity index (χ0) is 17.5. The molecule has 0 unspecified atom stereocenters. The van der Waals surface area contributed by atoms with Crippen LogP contribution in [0.4, 0.5) is 0 Å². The minimum Gasteiger partial charge on any atom is -0.343 e. The average Bonchev–Trinajstić information content (AvgIpc) is 3.00. The van der Waals surface area contributed by atoms with E-state index in [1.807, 2.05) is 17.0 Å². The summed E-state index contributed by atoms with van der Waals surface area (Å²) in [5, 5.41) is 3.97. The number of hydrogen-bond donors (Lipinski definition) is 0. The standard InChI is InChI=1S/C19H26N4O2/c1-2-5-15-6-4-12-23(13-10-15)18(24)9-8-17-21-19(22-25-17)16-7-3-11-20-14-16/h3,7,11,14-15H,2,4-6,8-10,12-13H2,1H3/t15-/m0/s1. The number of carbonyl (C=O) groups excluding carboxylic acids is 1. The molecule has 0 bridgehead atoms. The summed E-state index contributed by atoms with van der Waals surface area (Å²) in [7, 11) is 0. The molecule has 6 nitrogen and oxygen atoms in total. The Morgan fingerprint density at radius 2 is 2.28 bits per heavy atom. The fraction of sp³-hybridized carbons (Fsp3) is 0.579. The predicted octanol–water partition coefficient (Wildman–Crippen LogP) is 3.49. The number of amides is 1. The molecular formula is C19H26N4O2. The third-order valence-corrected chi connectivity index (χ3v) is 4.84. The van der Waals surface area contributed by atoms with Crippen molar-refractivity contribution in [3.63, 3.8) is 0 Å². The summed E-state index contributed by atoms with van der Waals surface area (Å²) in [6.45, 7) is 4.00. The molecule has 1 aliphatic heterocycles. The van der Waals surface area contributed by atoms with Crippen LogP contribution in [0.2, 0.25) is 0 Å². The first-order valence-electron chi connectivity index (χ1n) is 9.27. The summed E-state index contributed by atoms with van der Waals surface area (Å²) in [4.78, 5) is 22.9. The molecule has 0 saturated carbocycles. The smallest absolute Gasteiger partial charge is 0.227 e. The fourth-order valence-corrected chi connectivity index (χ4v) is 3.45. The summed E-state index contributed by atoms with van der Waals surface area (Å²) in [6.07, 6.45) is 10.3. The Balaban J connectivity index is 1.50. The van der Waals surface area contributed by atoms with Gasteiger partial charge < -0.3 is 9.42 Å². The SMILES string of the molecule is CCC[C@H]1CCCN(C(=O)CCc2nc(-c3cccnc3)no2)CC1. The first-order chi connectivity index (χ1) is 12.3. The van der Waals surface area contributed by atoms with Gasteiger partial charge in [-0.2, -0.15) is 4.98 Å². The lowest BCUT2D eigenvalue weighted by Gasteiger charge is -2.20. The number of aryl methyl sites for hydroxylation is 1. The molecular weight excluding hydrogens is 316 g/mol. The Morgan fingerprint density at radius 1 is 1.36 bits per heavy atom. The maximum absolute atomic E-state index is 12.5. The van der Waals surface area contributed by atoms with Gasteiger partial charge in [-0.1, -0.05) is 24.9 Å². The fourth-order valence-electron chi connectivity index (χ4n) is 3.45. The van der Waals surface area contributed by atoms with E-state index in [1.165, 1.54) is 19.3 Å². The van der Waals surface area contributed by atoms with Crippen molar-refractivity contribution in [2.24, 2.45) is 5.92 Å². The monoisotopic (exact) mass is 342 g/mol. The summed E-state index contributed by atoms with van der Waals surface area (Å²) in [5.41, 5.74) is 0.818. The summed E-state index contributed by atoms with van der Waals surface area (Å²) in [6, 6.07) is 3.72. The number of nitrogens with zero attached hydrogens (tertiary/aromatic N) is 4. The minimum atomic E-state index is 0.193. The van der Waals surface area contributed by atoms with Crippen LogP contribution in [0.15, 0.2) is 29.0 Å². The highest BCUT2D eigenvalue weighted by molar-refractivity contribution is 5.76. The summed E-state index contributed by atoms with van der Waals surface area (Å²) < 4.78 is 5.27. The van der Waals surface area contributed by atoms with Crippen LogP contribution >= 0.6 is 0 Å². The van der Waals surface area contributed by atoms with Crippen molar-refractivity contribution >= 4 is 5.91 Å². The summed E-state index contributed by atoms with van der Waals surface area (Å²) in [5.74, 6) is 2.00. The quantitative estimate of drug-likeness (QED) is 0.803. The van der Waals surface area contributed by atoms with Gasteiger partial charge in [0.25, 0.3) is 0 Å². The normalized spacial score (nSPS) is 18.1. The second kappa shape index (κ2) is 8.74. The van der Waals surface area contributed by atoms with E-state index in [2.05, 4.69) is 22.0 Å². The molecule has 0 N–H and O–H groups in total. The molecule has 3 rings (SSSR count). The molecule has 0 aliphatic carbocycles. The molecule has 0 spiro atoms. The second-order valence-corrected chi connectivity index (χ2v) is 6.72. The highest BCUT2D eigenvalue weighted by atomic mass is 16.5. The van der Waals surface area contributed by atoms with Crippen molar-refractivity contribution in [2.45, 2.75) is 51.9 Å². The largest absolute Gasteiger partial charge is 0.343 e. The van der Waals surface area contributed by atoms with E-state index < -0.39 is 0 Å². The van der Waals surface area contributed by atoms with Gasteiger partial charge in [0, 0.05) is 43.9 Å². The Bertz CT molecular complexity index is 671. The predicted molar refractivity (Wildman–Crippen MR) is 94.7 cm³/mol. The Kier molecular flexibility index (Phi) is 6.14. The van der Waals surface area contributed by atoms with Gasteiger partial charge in [0.05, 0.1) is 0 Å². The number of likely N-dealkylation sites (tertiary alicyclic amines) is 1. The maximum Gasteiger partial charge on any atom is 0.227 e. The molecule has 6 heteroatoms. The third kappa shape index (κ3) is 4.87. The Morgan fingerprint density at radius 3 is 3.08 bits per heavy atom. The van der Waals surface area contributed by atoms with Gasteiger partial charge in [0.1, 0.15) is 0 Å². The third-order valence-electron chi connectivity index (χ3n) is 4.84. The van der Waals surface area contributed by atoms with E-state index in [0.29, 0.717) is 24.6 Å². The van der Waals surface area contributed by atoms with Crippen LogP contribution < -0.4 is 0 Å².